The molecule has 1 saturated heterocycles. The van der Waals surface area contributed by atoms with Crippen LogP contribution in [0.25, 0.3) is 0 Å². The molecule has 2 heteroatoms. The lowest BCUT2D eigenvalue weighted by Crippen LogP contribution is -2.24. The van der Waals surface area contributed by atoms with Crippen LogP contribution < -0.4 is 4.74 Å². The molecule has 0 N–H and O–H groups in total. The fourth-order valence-corrected chi connectivity index (χ4v) is 7.24. The molecule has 0 bridgehead atoms. The molecule has 1 nitrogen and oxygen atoms in total. The quantitative estimate of drug-likeness (QED) is 0.410. The van der Waals surface area contributed by atoms with Crippen molar-refractivity contribution in [2.45, 2.75) is 76.9 Å². The van der Waals surface area contributed by atoms with Gasteiger partial charge in [0.2, 0.25) is 0 Å². The highest BCUT2D eigenvalue weighted by Gasteiger charge is 2.22. The summed E-state index contributed by atoms with van der Waals surface area (Å²) in [6.07, 6.45) is 9.56. The van der Waals surface area contributed by atoms with Crippen LogP contribution in [-0.2, 0) is 6.42 Å². The second-order valence-corrected chi connectivity index (χ2v) is 10.6. The molecule has 0 radical (unpaired) electrons. The normalized spacial score (nSPS) is 21.7. The molecular weight excluding hydrogens is 284 g/mol. The van der Waals surface area contributed by atoms with Crippen LogP contribution in [0.2, 0.25) is 18.1 Å². The van der Waals surface area contributed by atoms with Gasteiger partial charge in [-0.1, -0.05) is 69.8 Å². The van der Waals surface area contributed by atoms with Gasteiger partial charge in [0, 0.05) is 8.80 Å². The van der Waals surface area contributed by atoms with Gasteiger partial charge in [-0.15, -0.1) is 0 Å². The Morgan fingerprint density at radius 2 is 1.73 bits per heavy atom. The summed E-state index contributed by atoms with van der Waals surface area (Å²) < 4.78 is 6.03. The first kappa shape index (κ1) is 17.6. The van der Waals surface area contributed by atoms with E-state index in [1.54, 1.807) is 18.1 Å². The second kappa shape index (κ2) is 10.1. The fraction of sp³-hybridized carbons (Fsp3) is 0.700. The molecule has 0 atom stereocenters. The highest BCUT2D eigenvalue weighted by atomic mass is 28.3. The summed E-state index contributed by atoms with van der Waals surface area (Å²) in [6.45, 7) is 5.47. The Balaban J connectivity index is 1.64. The van der Waals surface area contributed by atoms with Gasteiger partial charge in [0.05, 0.1) is 6.61 Å². The van der Waals surface area contributed by atoms with Crippen LogP contribution in [0.1, 0.15) is 57.9 Å². The monoisotopic (exact) mass is 318 g/mol. The van der Waals surface area contributed by atoms with Crippen LogP contribution in [-0.4, -0.2) is 15.4 Å². The van der Waals surface area contributed by atoms with E-state index in [1.807, 2.05) is 0 Å². The summed E-state index contributed by atoms with van der Waals surface area (Å²) in [5.41, 5.74) is 1.42. The predicted molar refractivity (Wildman–Crippen MR) is 99.8 cm³/mol. The van der Waals surface area contributed by atoms with E-state index >= 15 is 0 Å². The molecule has 1 aromatic rings. The van der Waals surface area contributed by atoms with E-state index in [2.05, 4.69) is 38.1 Å². The van der Waals surface area contributed by atoms with Crippen LogP contribution in [0.5, 0.6) is 5.75 Å². The molecule has 1 fully saturated rings. The molecule has 1 heterocycles. The number of unbranched alkanes of at least 4 members (excludes halogenated alkanes) is 2. The van der Waals surface area contributed by atoms with E-state index in [0.717, 1.165) is 18.3 Å². The van der Waals surface area contributed by atoms with Crippen molar-refractivity contribution in [1.82, 2.24) is 0 Å². The molecule has 2 rings (SSSR count). The summed E-state index contributed by atoms with van der Waals surface area (Å²) in [6, 6.07) is 13.5. The average molecular weight is 319 g/mol. The van der Waals surface area contributed by atoms with E-state index in [4.69, 9.17) is 4.74 Å². The molecule has 0 saturated carbocycles. The Labute approximate surface area is 139 Å². The first-order chi connectivity index (χ1) is 10.8. The summed E-state index contributed by atoms with van der Waals surface area (Å²) in [4.78, 5) is 0. The maximum Gasteiger partial charge on any atom is 0.119 e. The van der Waals surface area contributed by atoms with Gasteiger partial charge >= 0.3 is 0 Å². The Morgan fingerprint density at radius 1 is 1.00 bits per heavy atom. The van der Waals surface area contributed by atoms with Gasteiger partial charge in [0.25, 0.3) is 0 Å². The Hall–Kier alpha value is -0.763. The van der Waals surface area contributed by atoms with E-state index in [0.29, 0.717) is 0 Å². The molecule has 1 aliphatic rings. The zero-order valence-corrected chi connectivity index (χ0v) is 15.8. The zero-order valence-electron chi connectivity index (χ0n) is 14.7. The third-order valence-electron chi connectivity index (χ3n) is 5.13. The van der Waals surface area contributed by atoms with Crippen LogP contribution in [0, 0.1) is 5.92 Å². The Morgan fingerprint density at radius 3 is 2.36 bits per heavy atom. The molecule has 0 aromatic heterocycles. The van der Waals surface area contributed by atoms with E-state index < -0.39 is 0 Å². The standard InChI is InChI=1S/C20H34OSi/c1-3-5-6-14-22-15-12-19(13-16-22)17-21-20-10-8-18(7-4-2)9-11-20/h8-11,19,22H,3-7,12-17H2,1-2H3/t19-,22-. The summed E-state index contributed by atoms with van der Waals surface area (Å²) in [7, 11) is -0.365. The molecule has 22 heavy (non-hydrogen) atoms. The SMILES string of the molecule is CCCCC[Si@H]1CC[C@H](COc2ccc(CCC)cc2)CC1. The summed E-state index contributed by atoms with van der Waals surface area (Å²) in [5, 5.41) is 0. The first-order valence-electron chi connectivity index (χ1n) is 9.53. The molecule has 0 amide bonds. The van der Waals surface area contributed by atoms with Crippen LogP contribution in [0.4, 0.5) is 0 Å². The molecule has 1 aromatic carbocycles. The van der Waals surface area contributed by atoms with Gasteiger partial charge in [-0.05, 0) is 42.9 Å². The van der Waals surface area contributed by atoms with Crippen molar-refractivity contribution in [3.8, 4) is 5.75 Å². The molecule has 0 unspecified atom stereocenters. The van der Waals surface area contributed by atoms with Crippen LogP contribution >= 0.6 is 0 Å². The number of hydrogen-bond donors (Lipinski definition) is 0. The minimum Gasteiger partial charge on any atom is -0.493 e. The number of hydrogen-bond acceptors (Lipinski definition) is 1. The van der Waals surface area contributed by atoms with Crippen LogP contribution in [0.3, 0.4) is 0 Å². The van der Waals surface area contributed by atoms with Crippen LogP contribution in [0.15, 0.2) is 24.3 Å². The second-order valence-electron chi connectivity index (χ2n) is 7.09. The minimum absolute atomic E-state index is 0.365. The van der Waals surface area contributed by atoms with Gasteiger partial charge in [0.15, 0.2) is 0 Å². The lowest BCUT2D eigenvalue weighted by molar-refractivity contribution is 0.236. The van der Waals surface area contributed by atoms with Gasteiger partial charge in [-0.25, -0.2) is 0 Å². The maximum absolute atomic E-state index is 6.03. The summed E-state index contributed by atoms with van der Waals surface area (Å²) in [5.74, 6) is 1.87. The fourth-order valence-electron chi connectivity index (χ4n) is 3.62. The molecule has 124 valence electrons. The zero-order chi connectivity index (χ0) is 15.6. The Bertz CT molecular complexity index is 393. The molecular formula is C20H34OSi. The maximum atomic E-state index is 6.03. The van der Waals surface area contributed by atoms with E-state index in [1.165, 1.54) is 50.5 Å². The smallest absolute Gasteiger partial charge is 0.119 e. The molecule has 0 aliphatic carbocycles. The van der Waals surface area contributed by atoms with Gasteiger partial charge in [-0.2, -0.15) is 0 Å². The molecule has 1 aliphatic heterocycles. The number of ether oxygens (including phenoxy) is 1. The average Bonchev–Trinajstić information content (AvgIpc) is 2.56. The lowest BCUT2D eigenvalue weighted by Gasteiger charge is -2.27. The topological polar surface area (TPSA) is 9.23 Å². The van der Waals surface area contributed by atoms with Gasteiger partial charge in [-0.3, -0.25) is 0 Å². The van der Waals surface area contributed by atoms with Crippen molar-refractivity contribution in [2.24, 2.45) is 5.92 Å². The van der Waals surface area contributed by atoms with E-state index in [9.17, 15) is 0 Å². The number of benzene rings is 1. The highest BCUT2D eigenvalue weighted by Crippen LogP contribution is 2.29. The van der Waals surface area contributed by atoms with Gasteiger partial charge in [0.1, 0.15) is 5.75 Å². The first-order valence-corrected chi connectivity index (χ1v) is 12.0. The van der Waals surface area contributed by atoms with Crippen molar-refractivity contribution >= 4 is 8.80 Å². The van der Waals surface area contributed by atoms with E-state index in [-0.39, 0.29) is 8.80 Å². The number of rotatable bonds is 9. The van der Waals surface area contributed by atoms with Crippen molar-refractivity contribution in [3.63, 3.8) is 0 Å². The molecule has 0 spiro atoms. The largest absolute Gasteiger partial charge is 0.493 e. The summed E-state index contributed by atoms with van der Waals surface area (Å²) >= 11 is 0. The minimum atomic E-state index is -0.365. The van der Waals surface area contributed by atoms with Gasteiger partial charge < -0.3 is 4.74 Å². The van der Waals surface area contributed by atoms with Crippen molar-refractivity contribution in [2.75, 3.05) is 6.61 Å². The third kappa shape index (κ3) is 6.16. The Kier molecular flexibility index (Phi) is 8.07. The lowest BCUT2D eigenvalue weighted by atomic mass is 10.0. The third-order valence-corrected chi connectivity index (χ3v) is 8.65. The highest BCUT2D eigenvalue weighted by molar-refractivity contribution is 6.58. The van der Waals surface area contributed by atoms with Crippen molar-refractivity contribution in [1.29, 1.82) is 0 Å². The predicted octanol–water partition coefficient (Wildman–Crippen LogP) is 5.85. The van der Waals surface area contributed by atoms with Crippen molar-refractivity contribution < 1.29 is 4.74 Å². The van der Waals surface area contributed by atoms with Crippen molar-refractivity contribution in [3.05, 3.63) is 29.8 Å². The number of aryl methyl sites for hydroxylation is 1.